The van der Waals surface area contributed by atoms with Crippen LogP contribution in [0.25, 0.3) is 10.6 Å². The van der Waals surface area contributed by atoms with Gasteiger partial charge in [-0.15, -0.1) is 11.4 Å². The van der Waals surface area contributed by atoms with E-state index in [1.807, 2.05) is 133 Å². The molecule has 0 spiro atoms. The summed E-state index contributed by atoms with van der Waals surface area (Å²) in [6.45, 7) is 0. The number of hydrogen-bond acceptors (Lipinski definition) is 2. The Morgan fingerprint density at radius 2 is 0.784 bits per heavy atom. The number of aliphatic imine (C=N–C) groups is 2. The number of benzene rings is 4. The molecule has 0 N–H and O–H groups in total. The van der Waals surface area contributed by atoms with Gasteiger partial charge < -0.3 is 10.6 Å². The summed E-state index contributed by atoms with van der Waals surface area (Å²) in [5.41, 5.74) is 3.77. The zero-order valence-electron chi connectivity index (χ0n) is 20.1. The summed E-state index contributed by atoms with van der Waals surface area (Å²) < 4.78 is 0. The van der Waals surface area contributed by atoms with Gasteiger partial charge in [0, 0.05) is 12.4 Å². The normalized spacial score (nSPS) is 10.4. The zero-order chi connectivity index (χ0) is 26.2. The van der Waals surface area contributed by atoms with E-state index in [0.29, 0.717) is 0 Å². The fourth-order valence-corrected chi connectivity index (χ4v) is 2.65. The van der Waals surface area contributed by atoms with Crippen molar-refractivity contribution in [3.63, 3.8) is 0 Å². The van der Waals surface area contributed by atoms with Crippen molar-refractivity contribution < 1.29 is 20.8 Å². The molecule has 7 heteroatoms. The molecule has 4 rings (SSSR count). The van der Waals surface area contributed by atoms with Crippen LogP contribution in [0.15, 0.2) is 156 Å². The minimum atomic E-state index is -0.826. The second-order valence-corrected chi connectivity index (χ2v) is 10.6. The average molecular weight is 605 g/mol. The molecule has 0 atom stereocenters. The molecule has 0 saturated heterocycles. The third-order valence-corrected chi connectivity index (χ3v) is 4.26. The molecule has 184 valence electrons. The van der Waals surface area contributed by atoms with Crippen molar-refractivity contribution in [2.24, 2.45) is 9.98 Å². The number of hydrogen-bond donors (Lipinski definition) is 0. The molecule has 4 aromatic rings. The van der Waals surface area contributed by atoms with E-state index in [1.54, 1.807) is 24.8 Å². The van der Waals surface area contributed by atoms with Crippen LogP contribution in [0.1, 0.15) is 0 Å². The van der Waals surface area contributed by atoms with Gasteiger partial charge in [-0.3, -0.25) is 9.98 Å². The molecule has 0 unspecified atom stereocenters. The van der Waals surface area contributed by atoms with Gasteiger partial charge in [-0.25, -0.2) is 0 Å². The van der Waals surface area contributed by atoms with Gasteiger partial charge in [0.2, 0.25) is 0 Å². The number of halogens is 2. The summed E-state index contributed by atoms with van der Waals surface area (Å²) in [4.78, 5) is 8.53. The molecule has 0 aliphatic carbocycles. The topological polar surface area (TPSA) is 52.9 Å². The van der Waals surface area contributed by atoms with Crippen LogP contribution in [0.3, 0.4) is 0 Å². The maximum atomic E-state index is 4.93. The molecular formula is C30H26Cl2N4Zr. The summed E-state index contributed by atoms with van der Waals surface area (Å²) >= 11 is -0.826. The van der Waals surface area contributed by atoms with Gasteiger partial charge in [0.1, 0.15) is 0 Å². The van der Waals surface area contributed by atoms with Crippen molar-refractivity contribution in [3.05, 3.63) is 157 Å². The first-order valence-electron chi connectivity index (χ1n) is 11.3. The van der Waals surface area contributed by atoms with Crippen LogP contribution < -0.4 is 0 Å². The molecule has 0 aliphatic heterocycles. The van der Waals surface area contributed by atoms with Crippen molar-refractivity contribution in [2.45, 2.75) is 0 Å². The molecule has 0 heterocycles. The molecule has 4 aromatic carbocycles. The first-order valence-corrected chi connectivity index (χ1v) is 17.6. The fourth-order valence-electron chi connectivity index (χ4n) is 2.65. The number of allylic oxidation sites excluding steroid dienone is 2. The summed E-state index contributed by atoms with van der Waals surface area (Å²) in [6.07, 6.45) is 10.6. The van der Waals surface area contributed by atoms with Crippen LogP contribution in [0.4, 0.5) is 22.7 Å². The number of para-hydroxylation sites is 4. The Morgan fingerprint density at radius 1 is 0.486 bits per heavy atom. The SMILES string of the molecule is C(/C=C\[N-]c1ccccc1)=Nc1ccccc1.C(/C=C\[N-]c1ccccc1)=Nc1ccccc1.[Cl][Zr+2][Cl]. The molecule has 0 amide bonds. The van der Waals surface area contributed by atoms with E-state index in [9.17, 15) is 0 Å². The Hall–Kier alpha value is -3.24. The predicted molar refractivity (Wildman–Crippen MR) is 158 cm³/mol. The summed E-state index contributed by atoms with van der Waals surface area (Å²) in [5, 5.41) is 8.53. The van der Waals surface area contributed by atoms with Crippen LogP contribution in [0.2, 0.25) is 0 Å². The van der Waals surface area contributed by atoms with Crippen LogP contribution >= 0.6 is 17.0 Å². The van der Waals surface area contributed by atoms with Crippen LogP contribution in [-0.4, -0.2) is 12.4 Å². The second-order valence-electron chi connectivity index (χ2n) is 6.91. The van der Waals surface area contributed by atoms with Gasteiger partial charge in [0.25, 0.3) is 0 Å². The summed E-state index contributed by atoms with van der Waals surface area (Å²) in [5.74, 6) is 0. The van der Waals surface area contributed by atoms with Gasteiger partial charge in [0.05, 0.1) is 11.4 Å². The molecule has 0 aliphatic rings. The Balaban J connectivity index is 0.000000235. The molecule has 0 radical (unpaired) electrons. The Kier molecular flexibility index (Phi) is 16.9. The van der Waals surface area contributed by atoms with E-state index < -0.39 is 20.8 Å². The minimum absolute atomic E-state index is 0.826. The molecule has 4 nitrogen and oxygen atoms in total. The number of nitrogens with zero attached hydrogens (tertiary/aromatic N) is 4. The van der Waals surface area contributed by atoms with Crippen molar-refractivity contribution in [1.29, 1.82) is 0 Å². The average Bonchev–Trinajstić information content (AvgIpc) is 2.96. The summed E-state index contributed by atoms with van der Waals surface area (Å²) in [7, 11) is 9.87. The molecule has 0 bridgehead atoms. The van der Waals surface area contributed by atoms with Crippen molar-refractivity contribution in [1.82, 2.24) is 0 Å². The standard InChI is InChI=1S/2C15H13N2.2ClH.Zr/c2*1-3-8-14(9-4-1)16-12-7-13-17-15-10-5-2-6-11-15;;;/h2*1-13H;2*1H;/q2*-1;;;+4/p-2/b2*12-7-,17-13?;;;. The predicted octanol–water partition coefficient (Wildman–Crippen LogP) is 10.6. The van der Waals surface area contributed by atoms with E-state index in [4.69, 9.17) is 17.0 Å². The van der Waals surface area contributed by atoms with Crippen LogP contribution in [-0.2, 0) is 20.8 Å². The molecule has 37 heavy (non-hydrogen) atoms. The van der Waals surface area contributed by atoms with Crippen LogP contribution in [0.5, 0.6) is 0 Å². The van der Waals surface area contributed by atoms with Crippen molar-refractivity contribution >= 4 is 52.2 Å². The third-order valence-electron chi connectivity index (χ3n) is 4.26. The van der Waals surface area contributed by atoms with E-state index in [-0.39, 0.29) is 0 Å². The van der Waals surface area contributed by atoms with Crippen molar-refractivity contribution in [2.75, 3.05) is 0 Å². The van der Waals surface area contributed by atoms with E-state index in [0.717, 1.165) is 22.7 Å². The van der Waals surface area contributed by atoms with Crippen LogP contribution in [0, 0.1) is 0 Å². The number of rotatable bonds is 8. The second kappa shape index (κ2) is 20.9. The van der Waals surface area contributed by atoms with E-state index in [2.05, 4.69) is 20.6 Å². The van der Waals surface area contributed by atoms with Gasteiger partial charge in [0.15, 0.2) is 0 Å². The molecule has 0 fully saturated rings. The fraction of sp³-hybridized carbons (Fsp3) is 0. The molecule has 0 saturated carbocycles. The van der Waals surface area contributed by atoms with Gasteiger partial charge >= 0.3 is 37.9 Å². The van der Waals surface area contributed by atoms with Gasteiger partial charge in [-0.2, -0.15) is 12.4 Å². The Bertz CT molecular complexity index is 1100. The van der Waals surface area contributed by atoms with Gasteiger partial charge in [-0.1, -0.05) is 109 Å². The quantitative estimate of drug-likeness (QED) is 0.180. The first-order chi connectivity index (χ1) is 18.3. The summed E-state index contributed by atoms with van der Waals surface area (Å²) in [6, 6.07) is 39.2. The Labute approximate surface area is 238 Å². The first kappa shape index (κ1) is 30.0. The molecular weight excluding hydrogens is 578 g/mol. The molecule has 0 aromatic heterocycles. The van der Waals surface area contributed by atoms with E-state index in [1.165, 1.54) is 0 Å². The zero-order valence-corrected chi connectivity index (χ0v) is 24.0. The van der Waals surface area contributed by atoms with Crippen molar-refractivity contribution in [3.8, 4) is 0 Å². The maximum absolute atomic E-state index is 4.93. The monoisotopic (exact) mass is 602 g/mol. The Morgan fingerprint density at radius 3 is 1.11 bits per heavy atom. The third kappa shape index (κ3) is 15.5. The van der Waals surface area contributed by atoms with Gasteiger partial charge in [-0.05, 0) is 24.3 Å². The van der Waals surface area contributed by atoms with E-state index >= 15 is 0 Å².